The van der Waals surface area contributed by atoms with Crippen LogP contribution in [-0.4, -0.2) is 23.6 Å². The van der Waals surface area contributed by atoms with Crippen LogP contribution in [0, 0.1) is 13.8 Å². The third-order valence-electron chi connectivity index (χ3n) is 6.62. The number of rotatable bonds is 6. The molecule has 1 aliphatic rings. The number of hydrogen-bond donors (Lipinski definition) is 0. The first-order valence-electron chi connectivity index (χ1n) is 12.0. The normalized spacial score (nSPS) is 13.3. The maximum Gasteiger partial charge on any atom is 0.339 e. The summed E-state index contributed by atoms with van der Waals surface area (Å²) in [5.41, 5.74) is 3.37. The van der Waals surface area contributed by atoms with Gasteiger partial charge in [0.05, 0.1) is 32.4 Å². The number of amides is 2. The average Bonchev–Trinajstić information content (AvgIpc) is 3.17. The van der Waals surface area contributed by atoms with E-state index >= 15 is 0 Å². The van der Waals surface area contributed by atoms with Crippen molar-refractivity contribution in [3.63, 3.8) is 0 Å². The Morgan fingerprint density at radius 2 is 1.36 bits per heavy atom. The molecule has 0 aliphatic carbocycles. The van der Waals surface area contributed by atoms with E-state index in [2.05, 4.69) is 0 Å². The fourth-order valence-electron chi connectivity index (χ4n) is 4.36. The molecule has 5 rings (SSSR count). The second-order valence-corrected chi connectivity index (χ2v) is 9.98. The Hall–Kier alpha value is -4.26. The van der Waals surface area contributed by atoms with E-state index in [0.717, 1.165) is 16.0 Å². The first kappa shape index (κ1) is 26.4. The number of fused-ring (bicyclic) bond motifs is 1. The molecule has 0 saturated heterocycles. The van der Waals surface area contributed by atoms with Crippen LogP contribution in [0.3, 0.4) is 0 Å². The molecule has 1 heterocycles. The van der Waals surface area contributed by atoms with E-state index in [9.17, 15) is 19.2 Å². The minimum Gasteiger partial charge on any atom is -0.445 e. The number of anilines is 1. The number of ketones is 1. The molecule has 0 spiro atoms. The number of hydrogen-bond acceptors (Lipinski definition) is 5. The van der Waals surface area contributed by atoms with Crippen LogP contribution in [0.5, 0.6) is 0 Å². The van der Waals surface area contributed by atoms with Gasteiger partial charge in [-0.2, -0.15) is 0 Å². The summed E-state index contributed by atoms with van der Waals surface area (Å²) in [6.07, 6.45) is -1.20. The Bertz CT molecular complexity index is 1620. The lowest BCUT2D eigenvalue weighted by atomic mass is 9.97. The lowest BCUT2D eigenvalue weighted by molar-refractivity contribution is 0.0280. The third-order valence-corrected chi connectivity index (χ3v) is 7.35. The van der Waals surface area contributed by atoms with Crippen LogP contribution in [0.25, 0.3) is 0 Å². The number of carbonyl (C=O) groups is 4. The fourth-order valence-corrected chi connectivity index (χ4v) is 4.69. The van der Waals surface area contributed by atoms with Gasteiger partial charge >= 0.3 is 5.97 Å². The Labute approximate surface area is 234 Å². The predicted molar refractivity (Wildman–Crippen MR) is 149 cm³/mol. The molecular weight excluding hydrogens is 537 g/mol. The highest BCUT2D eigenvalue weighted by molar-refractivity contribution is 6.44. The summed E-state index contributed by atoms with van der Waals surface area (Å²) in [4.78, 5) is 53.9. The summed E-state index contributed by atoms with van der Waals surface area (Å²) >= 11 is 12.1. The number of carbonyl (C=O) groups excluding carboxylic acids is 4. The minimum atomic E-state index is -1.20. The third kappa shape index (κ3) is 4.97. The van der Waals surface area contributed by atoms with Gasteiger partial charge in [-0.3, -0.25) is 14.4 Å². The molecule has 2 amide bonds. The van der Waals surface area contributed by atoms with Gasteiger partial charge in [0.2, 0.25) is 5.78 Å². The van der Waals surface area contributed by atoms with Crippen molar-refractivity contribution in [1.29, 1.82) is 0 Å². The van der Waals surface area contributed by atoms with Crippen molar-refractivity contribution >= 4 is 52.5 Å². The number of halogens is 2. The molecule has 0 aromatic heterocycles. The number of esters is 1. The molecule has 8 heteroatoms. The van der Waals surface area contributed by atoms with Gasteiger partial charge in [-0.1, -0.05) is 71.7 Å². The Kier molecular flexibility index (Phi) is 7.08. The van der Waals surface area contributed by atoms with E-state index in [1.54, 1.807) is 42.5 Å². The molecule has 39 heavy (non-hydrogen) atoms. The molecule has 4 aromatic carbocycles. The lowest BCUT2D eigenvalue weighted by Gasteiger charge is -2.19. The Morgan fingerprint density at radius 1 is 0.718 bits per heavy atom. The number of ether oxygens (including phenoxy) is 1. The standard InChI is InChI=1S/C31H21Cl2NO5/c1-17-11-12-20(13-18(17)2)27(35)28(19-7-4-3-5-8-19)39-31(38)21-9-6-10-22(14-21)34-29(36)23-15-25(32)26(33)16-24(23)30(34)37/h3-16,28H,1-2H3/t28-/m1/s1. The summed E-state index contributed by atoms with van der Waals surface area (Å²) in [7, 11) is 0. The zero-order chi connectivity index (χ0) is 27.8. The van der Waals surface area contributed by atoms with E-state index < -0.39 is 23.9 Å². The monoisotopic (exact) mass is 557 g/mol. The second-order valence-electron chi connectivity index (χ2n) is 9.17. The van der Waals surface area contributed by atoms with Gasteiger partial charge in [0, 0.05) is 11.1 Å². The molecular formula is C31H21Cl2NO5. The second kappa shape index (κ2) is 10.5. The zero-order valence-corrected chi connectivity index (χ0v) is 22.4. The summed E-state index contributed by atoms with van der Waals surface area (Å²) < 4.78 is 5.76. The van der Waals surface area contributed by atoms with Crippen LogP contribution in [-0.2, 0) is 4.74 Å². The van der Waals surface area contributed by atoms with Crippen LogP contribution in [0.4, 0.5) is 5.69 Å². The van der Waals surface area contributed by atoms with Crippen molar-refractivity contribution in [3.05, 3.63) is 134 Å². The van der Waals surface area contributed by atoms with Crippen LogP contribution >= 0.6 is 23.2 Å². The molecule has 4 aromatic rings. The van der Waals surface area contributed by atoms with Crippen molar-refractivity contribution in [2.75, 3.05) is 4.90 Å². The summed E-state index contributed by atoms with van der Waals surface area (Å²) in [6.45, 7) is 3.85. The van der Waals surface area contributed by atoms with Crippen molar-refractivity contribution in [2.45, 2.75) is 20.0 Å². The van der Waals surface area contributed by atoms with Crippen molar-refractivity contribution in [2.24, 2.45) is 0 Å². The van der Waals surface area contributed by atoms with E-state index in [4.69, 9.17) is 27.9 Å². The quantitative estimate of drug-likeness (QED) is 0.142. The van der Waals surface area contributed by atoms with Crippen molar-refractivity contribution < 1.29 is 23.9 Å². The van der Waals surface area contributed by atoms with Crippen LogP contribution < -0.4 is 4.90 Å². The smallest absolute Gasteiger partial charge is 0.339 e. The van der Waals surface area contributed by atoms with Gasteiger partial charge in [-0.15, -0.1) is 0 Å². The molecule has 0 N–H and O–H groups in total. The van der Waals surface area contributed by atoms with E-state index in [1.807, 2.05) is 19.9 Å². The first-order chi connectivity index (χ1) is 18.7. The van der Waals surface area contributed by atoms with Gasteiger partial charge in [-0.05, 0) is 61.4 Å². The van der Waals surface area contributed by atoms with E-state index in [1.165, 1.54) is 36.4 Å². The number of imide groups is 1. The molecule has 0 unspecified atom stereocenters. The Balaban J connectivity index is 1.45. The number of nitrogens with zero attached hydrogens (tertiary/aromatic N) is 1. The molecule has 1 atom stereocenters. The van der Waals surface area contributed by atoms with Crippen molar-refractivity contribution in [1.82, 2.24) is 0 Å². The van der Waals surface area contributed by atoms with E-state index in [0.29, 0.717) is 11.1 Å². The number of Topliss-reactive ketones (excluding diaryl/α,β-unsaturated/α-hetero) is 1. The molecule has 0 bridgehead atoms. The van der Waals surface area contributed by atoms with E-state index in [-0.39, 0.29) is 38.2 Å². The highest BCUT2D eigenvalue weighted by Crippen LogP contribution is 2.34. The van der Waals surface area contributed by atoms with Gasteiger partial charge in [0.1, 0.15) is 0 Å². The van der Waals surface area contributed by atoms with Gasteiger partial charge in [0.25, 0.3) is 11.8 Å². The largest absolute Gasteiger partial charge is 0.445 e. The van der Waals surface area contributed by atoms with Gasteiger partial charge < -0.3 is 4.74 Å². The molecule has 0 fully saturated rings. The molecule has 0 radical (unpaired) electrons. The number of benzene rings is 4. The van der Waals surface area contributed by atoms with Crippen LogP contribution in [0.15, 0.2) is 84.9 Å². The van der Waals surface area contributed by atoms with Gasteiger partial charge in [0.15, 0.2) is 6.10 Å². The average molecular weight is 558 g/mol. The summed E-state index contributed by atoms with van der Waals surface area (Å²) in [6, 6.07) is 22.7. The first-order valence-corrected chi connectivity index (χ1v) is 12.8. The molecule has 6 nitrogen and oxygen atoms in total. The molecule has 0 saturated carbocycles. The lowest BCUT2D eigenvalue weighted by Crippen LogP contribution is -2.29. The Morgan fingerprint density at radius 3 is 1.97 bits per heavy atom. The predicted octanol–water partition coefficient (Wildman–Crippen LogP) is 7.19. The van der Waals surface area contributed by atoms with Crippen molar-refractivity contribution in [3.8, 4) is 0 Å². The fraction of sp³-hybridized carbons (Fsp3) is 0.0968. The summed E-state index contributed by atoms with van der Waals surface area (Å²) in [5.74, 6) is -2.34. The van der Waals surface area contributed by atoms with Crippen LogP contribution in [0.1, 0.15) is 64.2 Å². The summed E-state index contributed by atoms with van der Waals surface area (Å²) in [5, 5.41) is 0.298. The highest BCUT2D eigenvalue weighted by Gasteiger charge is 2.38. The zero-order valence-electron chi connectivity index (χ0n) is 20.9. The minimum absolute atomic E-state index is 0.0638. The van der Waals surface area contributed by atoms with Gasteiger partial charge in [-0.25, -0.2) is 9.69 Å². The maximum atomic E-state index is 13.5. The SMILES string of the molecule is Cc1ccc(C(=O)[C@H](OC(=O)c2cccc(N3C(=O)c4cc(Cl)c(Cl)cc4C3=O)c2)c2ccccc2)cc1C. The highest BCUT2D eigenvalue weighted by atomic mass is 35.5. The topological polar surface area (TPSA) is 80.8 Å². The maximum absolute atomic E-state index is 13.5. The molecule has 1 aliphatic heterocycles. The number of aryl methyl sites for hydroxylation is 2. The van der Waals surface area contributed by atoms with Crippen LogP contribution in [0.2, 0.25) is 10.0 Å². The molecule has 194 valence electrons.